The summed E-state index contributed by atoms with van der Waals surface area (Å²) in [5, 5.41) is 2.95. The standard InChI is InChI=1S/C15H26N2O4/c1-3-21-15(19)16-12-8-11(4-7-14(18)20-2)9-17(10-12)13-5-6-13/h11-13H,3-10H2,1-2H3,(H,16,19). The molecule has 21 heavy (non-hydrogen) atoms. The average molecular weight is 298 g/mol. The fraction of sp³-hybridized carbons (Fsp3) is 0.867. The molecule has 1 heterocycles. The lowest BCUT2D eigenvalue weighted by atomic mass is 9.90. The molecule has 1 aliphatic carbocycles. The van der Waals surface area contributed by atoms with Crippen molar-refractivity contribution < 1.29 is 19.1 Å². The number of hydrogen-bond acceptors (Lipinski definition) is 5. The third kappa shape index (κ3) is 5.19. The Morgan fingerprint density at radius 3 is 2.67 bits per heavy atom. The Balaban J connectivity index is 1.85. The number of methoxy groups -OCH3 is 1. The van der Waals surface area contributed by atoms with Gasteiger partial charge in [-0.05, 0) is 38.5 Å². The molecular weight excluding hydrogens is 272 g/mol. The summed E-state index contributed by atoms with van der Waals surface area (Å²) in [6.45, 7) is 4.09. The van der Waals surface area contributed by atoms with Crippen molar-refractivity contribution in [3.63, 3.8) is 0 Å². The van der Waals surface area contributed by atoms with Crippen LogP contribution in [0.3, 0.4) is 0 Å². The Bertz CT molecular complexity index is 371. The molecule has 1 N–H and O–H groups in total. The summed E-state index contributed by atoms with van der Waals surface area (Å²) in [5.74, 6) is 0.263. The van der Waals surface area contributed by atoms with Gasteiger partial charge in [-0.15, -0.1) is 0 Å². The van der Waals surface area contributed by atoms with Gasteiger partial charge in [-0.3, -0.25) is 9.69 Å². The molecule has 0 radical (unpaired) electrons. The molecule has 0 aromatic rings. The van der Waals surface area contributed by atoms with Gasteiger partial charge in [0.05, 0.1) is 13.7 Å². The second-order valence-corrected chi connectivity index (χ2v) is 5.96. The summed E-state index contributed by atoms with van der Waals surface area (Å²) in [6, 6.07) is 0.776. The predicted molar refractivity (Wildman–Crippen MR) is 77.9 cm³/mol. The van der Waals surface area contributed by atoms with Gasteiger partial charge in [0, 0.05) is 31.6 Å². The van der Waals surface area contributed by atoms with Crippen LogP contribution in [0, 0.1) is 5.92 Å². The summed E-state index contributed by atoms with van der Waals surface area (Å²) in [7, 11) is 1.42. The Hall–Kier alpha value is -1.30. The number of hydrogen-bond donors (Lipinski definition) is 1. The number of ether oxygens (including phenoxy) is 2. The van der Waals surface area contributed by atoms with E-state index in [1.54, 1.807) is 6.92 Å². The highest BCUT2D eigenvalue weighted by molar-refractivity contribution is 5.69. The maximum atomic E-state index is 11.6. The maximum absolute atomic E-state index is 11.6. The summed E-state index contributed by atoms with van der Waals surface area (Å²) in [4.78, 5) is 25.3. The van der Waals surface area contributed by atoms with E-state index in [1.807, 2.05) is 0 Å². The van der Waals surface area contributed by atoms with Crippen LogP contribution in [0.15, 0.2) is 0 Å². The summed E-state index contributed by atoms with van der Waals surface area (Å²) in [6.07, 6.45) is 4.32. The van der Waals surface area contributed by atoms with Crippen molar-refractivity contribution in [2.45, 2.75) is 51.1 Å². The zero-order valence-electron chi connectivity index (χ0n) is 13.0. The van der Waals surface area contributed by atoms with Crippen LogP contribution >= 0.6 is 0 Å². The normalized spacial score (nSPS) is 26.2. The largest absolute Gasteiger partial charge is 0.469 e. The number of nitrogens with zero attached hydrogens (tertiary/aromatic N) is 1. The molecule has 2 aliphatic rings. The molecule has 2 atom stereocenters. The van der Waals surface area contributed by atoms with E-state index in [4.69, 9.17) is 9.47 Å². The van der Waals surface area contributed by atoms with E-state index >= 15 is 0 Å². The van der Waals surface area contributed by atoms with Crippen LogP contribution in [0.2, 0.25) is 0 Å². The molecule has 2 fully saturated rings. The number of nitrogens with one attached hydrogen (secondary N) is 1. The third-order valence-corrected chi connectivity index (χ3v) is 4.21. The van der Waals surface area contributed by atoms with E-state index in [0.717, 1.165) is 25.9 Å². The van der Waals surface area contributed by atoms with Crippen molar-refractivity contribution in [3.05, 3.63) is 0 Å². The molecule has 0 spiro atoms. The van der Waals surface area contributed by atoms with Crippen LogP contribution in [0.1, 0.15) is 39.0 Å². The first kappa shape index (κ1) is 16.1. The minimum atomic E-state index is -0.341. The van der Waals surface area contributed by atoms with Gasteiger partial charge < -0.3 is 14.8 Å². The Kier molecular flexibility index (Phi) is 5.85. The first-order valence-electron chi connectivity index (χ1n) is 7.86. The van der Waals surface area contributed by atoms with Crippen molar-refractivity contribution in [1.82, 2.24) is 10.2 Å². The summed E-state index contributed by atoms with van der Waals surface area (Å²) >= 11 is 0. The van der Waals surface area contributed by atoms with Gasteiger partial charge in [0.1, 0.15) is 0 Å². The molecule has 0 aromatic carbocycles. The molecule has 2 unspecified atom stereocenters. The molecule has 1 saturated heterocycles. The lowest BCUT2D eigenvalue weighted by Gasteiger charge is -2.38. The average Bonchev–Trinajstić information content (AvgIpc) is 3.29. The van der Waals surface area contributed by atoms with Crippen molar-refractivity contribution in [2.75, 3.05) is 26.8 Å². The van der Waals surface area contributed by atoms with Crippen molar-refractivity contribution in [3.8, 4) is 0 Å². The van der Waals surface area contributed by atoms with Crippen LogP contribution in [0.4, 0.5) is 4.79 Å². The maximum Gasteiger partial charge on any atom is 0.407 e. The van der Waals surface area contributed by atoms with Gasteiger partial charge in [0.25, 0.3) is 0 Å². The fourth-order valence-electron chi connectivity index (χ4n) is 3.06. The number of esters is 1. The van der Waals surface area contributed by atoms with Gasteiger partial charge in [0.15, 0.2) is 0 Å². The molecule has 1 saturated carbocycles. The fourth-order valence-corrected chi connectivity index (χ4v) is 3.06. The lowest BCUT2D eigenvalue weighted by Crippen LogP contribution is -2.51. The highest BCUT2D eigenvalue weighted by Crippen LogP contribution is 2.32. The molecule has 0 bridgehead atoms. The van der Waals surface area contributed by atoms with E-state index in [2.05, 4.69) is 10.2 Å². The van der Waals surface area contributed by atoms with Crippen molar-refractivity contribution in [2.24, 2.45) is 5.92 Å². The quantitative estimate of drug-likeness (QED) is 0.753. The molecule has 6 heteroatoms. The number of amides is 1. The minimum Gasteiger partial charge on any atom is -0.469 e. The smallest absolute Gasteiger partial charge is 0.407 e. The van der Waals surface area contributed by atoms with E-state index in [-0.39, 0.29) is 18.1 Å². The van der Waals surface area contributed by atoms with Gasteiger partial charge in [-0.1, -0.05) is 0 Å². The Morgan fingerprint density at radius 1 is 1.29 bits per heavy atom. The van der Waals surface area contributed by atoms with Crippen LogP contribution in [-0.2, 0) is 14.3 Å². The van der Waals surface area contributed by atoms with E-state index in [1.165, 1.54) is 20.0 Å². The number of piperidine rings is 1. The topological polar surface area (TPSA) is 67.9 Å². The molecule has 6 nitrogen and oxygen atoms in total. The highest BCUT2D eigenvalue weighted by Gasteiger charge is 2.36. The summed E-state index contributed by atoms with van der Waals surface area (Å²) in [5.41, 5.74) is 0. The van der Waals surface area contributed by atoms with E-state index < -0.39 is 0 Å². The highest BCUT2D eigenvalue weighted by atomic mass is 16.5. The van der Waals surface area contributed by atoms with Gasteiger partial charge in [-0.25, -0.2) is 4.79 Å². The number of carbonyl (C=O) groups is 2. The van der Waals surface area contributed by atoms with E-state index in [0.29, 0.717) is 25.0 Å². The molecule has 1 aliphatic heterocycles. The van der Waals surface area contributed by atoms with Crippen LogP contribution in [-0.4, -0.2) is 55.9 Å². The minimum absolute atomic E-state index is 0.112. The number of carbonyl (C=O) groups excluding carboxylic acids is 2. The monoisotopic (exact) mass is 298 g/mol. The molecular formula is C15H26N2O4. The second-order valence-electron chi connectivity index (χ2n) is 5.96. The molecule has 2 rings (SSSR count). The second kappa shape index (κ2) is 7.64. The first-order chi connectivity index (χ1) is 10.1. The van der Waals surface area contributed by atoms with Gasteiger partial charge >= 0.3 is 12.1 Å². The molecule has 0 aromatic heterocycles. The Labute approximate surface area is 126 Å². The number of rotatable bonds is 6. The predicted octanol–water partition coefficient (Wildman–Crippen LogP) is 1.54. The lowest BCUT2D eigenvalue weighted by molar-refractivity contribution is -0.141. The van der Waals surface area contributed by atoms with Crippen molar-refractivity contribution >= 4 is 12.1 Å². The summed E-state index contributed by atoms with van der Waals surface area (Å²) < 4.78 is 9.67. The first-order valence-corrected chi connectivity index (χ1v) is 7.86. The van der Waals surface area contributed by atoms with E-state index in [9.17, 15) is 9.59 Å². The third-order valence-electron chi connectivity index (χ3n) is 4.21. The molecule has 120 valence electrons. The SMILES string of the molecule is CCOC(=O)NC1CC(CCC(=O)OC)CN(C2CC2)C1. The number of likely N-dealkylation sites (tertiary alicyclic amines) is 1. The van der Waals surface area contributed by atoms with Crippen molar-refractivity contribution in [1.29, 1.82) is 0 Å². The van der Waals surface area contributed by atoms with Crippen LogP contribution in [0.5, 0.6) is 0 Å². The van der Waals surface area contributed by atoms with Crippen LogP contribution in [0.25, 0.3) is 0 Å². The van der Waals surface area contributed by atoms with Gasteiger partial charge in [0.2, 0.25) is 0 Å². The number of alkyl carbamates (subject to hydrolysis) is 1. The Morgan fingerprint density at radius 2 is 2.05 bits per heavy atom. The zero-order chi connectivity index (χ0) is 15.2. The van der Waals surface area contributed by atoms with Gasteiger partial charge in [-0.2, -0.15) is 0 Å². The molecule has 1 amide bonds. The van der Waals surface area contributed by atoms with Crippen LogP contribution < -0.4 is 5.32 Å². The zero-order valence-corrected chi connectivity index (χ0v) is 13.0.